The third-order valence-electron chi connectivity index (χ3n) is 3.25. The summed E-state index contributed by atoms with van der Waals surface area (Å²) in [5, 5.41) is 12.0. The van der Waals surface area contributed by atoms with Crippen LogP contribution in [0.1, 0.15) is 18.9 Å². The highest BCUT2D eigenvalue weighted by atomic mass is 16.2. The Bertz CT molecular complexity index is 468. The standard InChI is InChI=1S/C14H18N4O/c1-11-7-17-13(4-5-15)14(19)18(9-11)10-12-3-2-6-16-8-12/h2-3,6,8,11,13,17H,4,7,9-10H2,1H3. The van der Waals surface area contributed by atoms with Crippen LogP contribution in [0.25, 0.3) is 0 Å². The maximum Gasteiger partial charge on any atom is 0.241 e. The van der Waals surface area contributed by atoms with Gasteiger partial charge < -0.3 is 10.2 Å². The minimum atomic E-state index is -0.383. The molecule has 1 aliphatic rings. The van der Waals surface area contributed by atoms with Gasteiger partial charge in [0.05, 0.1) is 18.5 Å². The summed E-state index contributed by atoms with van der Waals surface area (Å²) >= 11 is 0. The van der Waals surface area contributed by atoms with Crippen LogP contribution in [0.15, 0.2) is 24.5 Å². The Morgan fingerprint density at radius 3 is 3.16 bits per heavy atom. The van der Waals surface area contributed by atoms with Crippen molar-refractivity contribution in [3.8, 4) is 6.07 Å². The molecule has 2 unspecified atom stereocenters. The van der Waals surface area contributed by atoms with Crippen molar-refractivity contribution in [1.82, 2.24) is 15.2 Å². The molecule has 1 aromatic heterocycles. The van der Waals surface area contributed by atoms with E-state index in [1.165, 1.54) is 0 Å². The van der Waals surface area contributed by atoms with Gasteiger partial charge in [-0.15, -0.1) is 0 Å². The van der Waals surface area contributed by atoms with E-state index in [1.54, 1.807) is 12.4 Å². The largest absolute Gasteiger partial charge is 0.337 e. The van der Waals surface area contributed by atoms with E-state index < -0.39 is 0 Å². The Balaban J connectivity index is 2.12. The molecule has 0 saturated carbocycles. The van der Waals surface area contributed by atoms with Gasteiger partial charge in [0.25, 0.3) is 0 Å². The quantitative estimate of drug-likeness (QED) is 0.875. The summed E-state index contributed by atoms with van der Waals surface area (Å²) < 4.78 is 0. The normalized spacial score (nSPS) is 23.8. The maximum absolute atomic E-state index is 12.4. The van der Waals surface area contributed by atoms with E-state index in [1.807, 2.05) is 17.0 Å². The summed E-state index contributed by atoms with van der Waals surface area (Å²) in [6.07, 6.45) is 3.71. The minimum Gasteiger partial charge on any atom is -0.337 e. The van der Waals surface area contributed by atoms with Crippen LogP contribution in [0.4, 0.5) is 0 Å². The first kappa shape index (κ1) is 13.5. The number of carbonyl (C=O) groups excluding carboxylic acids is 1. The average molecular weight is 258 g/mol. The van der Waals surface area contributed by atoms with Crippen molar-refractivity contribution in [3.63, 3.8) is 0 Å². The fourth-order valence-electron chi connectivity index (χ4n) is 2.29. The highest BCUT2D eigenvalue weighted by Gasteiger charge is 2.28. The maximum atomic E-state index is 12.4. The number of amides is 1. The summed E-state index contributed by atoms with van der Waals surface area (Å²) in [5.41, 5.74) is 1.01. The highest BCUT2D eigenvalue weighted by molar-refractivity contribution is 5.82. The van der Waals surface area contributed by atoms with Crippen LogP contribution in [0, 0.1) is 17.2 Å². The van der Waals surface area contributed by atoms with Crippen molar-refractivity contribution in [1.29, 1.82) is 5.26 Å². The first-order valence-electron chi connectivity index (χ1n) is 6.48. The smallest absolute Gasteiger partial charge is 0.241 e. The van der Waals surface area contributed by atoms with E-state index >= 15 is 0 Å². The number of aromatic nitrogens is 1. The van der Waals surface area contributed by atoms with Crippen LogP contribution >= 0.6 is 0 Å². The molecule has 1 amide bonds. The molecule has 0 spiro atoms. The minimum absolute atomic E-state index is 0.00903. The number of nitrogens with one attached hydrogen (secondary N) is 1. The van der Waals surface area contributed by atoms with E-state index in [0.717, 1.165) is 12.1 Å². The Morgan fingerprint density at radius 2 is 2.47 bits per heavy atom. The van der Waals surface area contributed by atoms with Gasteiger partial charge in [0.2, 0.25) is 5.91 Å². The zero-order valence-corrected chi connectivity index (χ0v) is 11.0. The van der Waals surface area contributed by atoms with Gasteiger partial charge in [0, 0.05) is 32.0 Å². The molecule has 0 aliphatic carbocycles. The number of pyridine rings is 1. The molecule has 19 heavy (non-hydrogen) atoms. The lowest BCUT2D eigenvalue weighted by atomic mass is 10.1. The Hall–Kier alpha value is -1.93. The monoisotopic (exact) mass is 258 g/mol. The molecule has 0 aromatic carbocycles. The summed E-state index contributed by atoms with van der Waals surface area (Å²) in [6.45, 7) is 4.14. The lowest BCUT2D eigenvalue weighted by Crippen LogP contribution is -2.43. The Kier molecular flexibility index (Phi) is 4.48. The van der Waals surface area contributed by atoms with Crippen molar-refractivity contribution in [2.45, 2.75) is 25.9 Å². The molecule has 2 heterocycles. The molecule has 1 N–H and O–H groups in total. The van der Waals surface area contributed by atoms with Gasteiger partial charge in [-0.2, -0.15) is 5.26 Å². The van der Waals surface area contributed by atoms with Crippen LogP contribution in [0.3, 0.4) is 0 Å². The molecule has 1 saturated heterocycles. The summed E-state index contributed by atoms with van der Waals surface area (Å²) in [4.78, 5) is 18.3. The molecule has 1 aliphatic heterocycles. The molecule has 2 rings (SSSR count). The van der Waals surface area contributed by atoms with Crippen LogP contribution in [-0.2, 0) is 11.3 Å². The molecule has 0 bridgehead atoms. The van der Waals surface area contributed by atoms with Gasteiger partial charge in [-0.05, 0) is 17.5 Å². The number of hydrogen-bond donors (Lipinski definition) is 1. The van der Waals surface area contributed by atoms with Gasteiger partial charge in [-0.1, -0.05) is 13.0 Å². The van der Waals surface area contributed by atoms with Gasteiger partial charge in [0.1, 0.15) is 0 Å². The second-order valence-electron chi connectivity index (χ2n) is 5.01. The SMILES string of the molecule is CC1CNC(CC#N)C(=O)N(Cc2cccnc2)C1. The number of carbonyl (C=O) groups is 1. The highest BCUT2D eigenvalue weighted by Crippen LogP contribution is 2.13. The first-order valence-corrected chi connectivity index (χ1v) is 6.48. The number of hydrogen-bond acceptors (Lipinski definition) is 4. The molecule has 1 aromatic rings. The predicted molar refractivity (Wildman–Crippen MR) is 70.8 cm³/mol. The predicted octanol–water partition coefficient (Wildman–Crippen LogP) is 0.932. The number of rotatable bonds is 3. The summed E-state index contributed by atoms with van der Waals surface area (Å²) in [6, 6.07) is 5.52. The Labute approximate surface area is 113 Å². The van der Waals surface area contributed by atoms with Crippen LogP contribution in [0.5, 0.6) is 0 Å². The molecule has 0 radical (unpaired) electrons. The van der Waals surface area contributed by atoms with E-state index in [-0.39, 0.29) is 18.4 Å². The molecule has 1 fully saturated rings. The molecule has 5 heteroatoms. The zero-order valence-electron chi connectivity index (χ0n) is 11.0. The second-order valence-corrected chi connectivity index (χ2v) is 5.01. The number of nitriles is 1. The molecule has 2 atom stereocenters. The fraction of sp³-hybridized carbons (Fsp3) is 0.500. The fourth-order valence-corrected chi connectivity index (χ4v) is 2.29. The van der Waals surface area contributed by atoms with Gasteiger partial charge >= 0.3 is 0 Å². The van der Waals surface area contributed by atoms with Crippen molar-refractivity contribution in [3.05, 3.63) is 30.1 Å². The Morgan fingerprint density at radius 1 is 1.63 bits per heavy atom. The van der Waals surface area contributed by atoms with Crippen LogP contribution in [0.2, 0.25) is 0 Å². The van der Waals surface area contributed by atoms with Gasteiger partial charge in [-0.25, -0.2) is 0 Å². The lowest BCUT2D eigenvalue weighted by Gasteiger charge is -2.24. The van der Waals surface area contributed by atoms with Crippen LogP contribution < -0.4 is 5.32 Å². The third-order valence-corrected chi connectivity index (χ3v) is 3.25. The molecular formula is C14H18N4O. The topological polar surface area (TPSA) is 69.0 Å². The lowest BCUT2D eigenvalue weighted by molar-refractivity contribution is -0.133. The van der Waals surface area contributed by atoms with Crippen molar-refractivity contribution in [2.24, 2.45) is 5.92 Å². The first-order chi connectivity index (χ1) is 9.20. The van der Waals surface area contributed by atoms with Crippen LogP contribution in [-0.4, -0.2) is 34.9 Å². The summed E-state index contributed by atoms with van der Waals surface area (Å²) in [5.74, 6) is 0.388. The summed E-state index contributed by atoms with van der Waals surface area (Å²) in [7, 11) is 0. The van der Waals surface area contributed by atoms with Crippen molar-refractivity contribution in [2.75, 3.05) is 13.1 Å². The van der Waals surface area contributed by atoms with E-state index in [9.17, 15) is 4.79 Å². The average Bonchev–Trinajstić information content (AvgIpc) is 2.54. The molecule has 5 nitrogen and oxygen atoms in total. The van der Waals surface area contributed by atoms with E-state index in [2.05, 4.69) is 23.3 Å². The van der Waals surface area contributed by atoms with Crippen molar-refractivity contribution < 1.29 is 4.79 Å². The number of nitrogens with zero attached hydrogens (tertiary/aromatic N) is 3. The molecular weight excluding hydrogens is 240 g/mol. The van der Waals surface area contributed by atoms with E-state index in [4.69, 9.17) is 5.26 Å². The zero-order chi connectivity index (χ0) is 13.7. The van der Waals surface area contributed by atoms with E-state index in [0.29, 0.717) is 19.0 Å². The molecule has 100 valence electrons. The second kappa shape index (κ2) is 6.30. The van der Waals surface area contributed by atoms with Crippen molar-refractivity contribution >= 4 is 5.91 Å². The third kappa shape index (κ3) is 3.52. The van der Waals surface area contributed by atoms with Gasteiger partial charge in [0.15, 0.2) is 0 Å². The van der Waals surface area contributed by atoms with Gasteiger partial charge in [-0.3, -0.25) is 9.78 Å².